The van der Waals surface area contributed by atoms with E-state index in [0.717, 1.165) is 22.6 Å². The van der Waals surface area contributed by atoms with Gasteiger partial charge in [0.25, 0.3) is 0 Å². The molecule has 5 heteroatoms. The van der Waals surface area contributed by atoms with Gasteiger partial charge >= 0.3 is 0 Å². The highest BCUT2D eigenvalue weighted by atomic mass is 15.3. The Kier molecular flexibility index (Phi) is 2.00. The van der Waals surface area contributed by atoms with Gasteiger partial charge in [-0.2, -0.15) is 15.4 Å². The molecule has 78 valence electrons. The Balaban J connectivity index is 2.03. The Bertz CT molecular complexity index is 554. The largest absolute Gasteiger partial charge is 0.352 e. The van der Waals surface area contributed by atoms with Crippen molar-refractivity contribution in [2.24, 2.45) is 4.99 Å². The van der Waals surface area contributed by atoms with Crippen LogP contribution in [0.1, 0.15) is 11.3 Å². The van der Waals surface area contributed by atoms with Gasteiger partial charge in [-0.05, 0) is 6.07 Å². The second-order valence-electron chi connectivity index (χ2n) is 3.39. The quantitative estimate of drug-likeness (QED) is 0.753. The lowest BCUT2D eigenvalue weighted by molar-refractivity contribution is 0.935. The van der Waals surface area contributed by atoms with Crippen LogP contribution in [0.3, 0.4) is 0 Å². The van der Waals surface area contributed by atoms with Crippen molar-refractivity contribution in [3.63, 3.8) is 0 Å². The van der Waals surface area contributed by atoms with Crippen LogP contribution in [0.2, 0.25) is 0 Å². The SMILES string of the molecule is C1=NC=C(c2cn[nH]n2)Nc2ccccc21. The maximum Gasteiger partial charge on any atom is 0.130 e. The summed E-state index contributed by atoms with van der Waals surface area (Å²) in [6, 6.07) is 7.96. The lowest BCUT2D eigenvalue weighted by Crippen LogP contribution is -1.99. The first-order valence-corrected chi connectivity index (χ1v) is 4.89. The van der Waals surface area contributed by atoms with Gasteiger partial charge in [-0.3, -0.25) is 4.99 Å². The molecule has 0 unspecified atom stereocenters. The summed E-state index contributed by atoms with van der Waals surface area (Å²) >= 11 is 0. The van der Waals surface area contributed by atoms with Crippen molar-refractivity contribution in [3.8, 4) is 0 Å². The maximum atomic E-state index is 4.22. The van der Waals surface area contributed by atoms with Crippen molar-refractivity contribution < 1.29 is 0 Å². The van der Waals surface area contributed by atoms with Crippen LogP contribution in [0.25, 0.3) is 5.70 Å². The summed E-state index contributed by atoms with van der Waals surface area (Å²) in [6.07, 6.45) is 5.20. The highest BCUT2D eigenvalue weighted by Crippen LogP contribution is 2.21. The third kappa shape index (κ3) is 1.48. The lowest BCUT2D eigenvalue weighted by Gasteiger charge is -2.07. The number of nitrogens with zero attached hydrogens (tertiary/aromatic N) is 3. The van der Waals surface area contributed by atoms with Gasteiger partial charge in [0, 0.05) is 17.5 Å². The topological polar surface area (TPSA) is 66.0 Å². The van der Waals surface area contributed by atoms with Gasteiger partial charge in [-0.1, -0.05) is 18.2 Å². The molecule has 3 rings (SSSR count). The third-order valence-electron chi connectivity index (χ3n) is 2.34. The maximum absolute atomic E-state index is 4.22. The number of aromatic nitrogens is 3. The van der Waals surface area contributed by atoms with Gasteiger partial charge < -0.3 is 5.32 Å². The smallest absolute Gasteiger partial charge is 0.130 e. The molecule has 2 N–H and O–H groups in total. The Hall–Kier alpha value is -2.43. The van der Waals surface area contributed by atoms with Gasteiger partial charge in [-0.15, -0.1) is 0 Å². The molecule has 2 heterocycles. The first kappa shape index (κ1) is 8.84. The number of hydrogen-bond donors (Lipinski definition) is 2. The molecular formula is C11H9N5. The van der Waals surface area contributed by atoms with Crippen molar-refractivity contribution in [3.05, 3.63) is 47.9 Å². The van der Waals surface area contributed by atoms with Crippen LogP contribution in [-0.2, 0) is 0 Å². The van der Waals surface area contributed by atoms with Crippen LogP contribution < -0.4 is 5.32 Å². The van der Waals surface area contributed by atoms with E-state index in [2.05, 4.69) is 25.7 Å². The predicted molar refractivity (Wildman–Crippen MR) is 62.0 cm³/mol. The molecule has 0 bridgehead atoms. The highest BCUT2D eigenvalue weighted by molar-refractivity contribution is 5.93. The number of hydrogen-bond acceptors (Lipinski definition) is 4. The van der Waals surface area contributed by atoms with Crippen LogP contribution in [0.4, 0.5) is 5.69 Å². The zero-order chi connectivity index (χ0) is 10.8. The fourth-order valence-electron chi connectivity index (χ4n) is 1.55. The van der Waals surface area contributed by atoms with E-state index in [9.17, 15) is 0 Å². The van der Waals surface area contributed by atoms with Crippen molar-refractivity contribution in [2.75, 3.05) is 5.32 Å². The van der Waals surface area contributed by atoms with Gasteiger partial charge in [0.1, 0.15) is 5.69 Å². The fraction of sp³-hybridized carbons (Fsp3) is 0. The molecule has 0 spiro atoms. The highest BCUT2D eigenvalue weighted by Gasteiger charge is 2.09. The van der Waals surface area contributed by atoms with Gasteiger partial charge in [-0.25, -0.2) is 0 Å². The second kappa shape index (κ2) is 3.62. The summed E-state index contributed by atoms with van der Waals surface area (Å²) in [6.45, 7) is 0. The first-order valence-electron chi connectivity index (χ1n) is 4.89. The number of H-pyrrole nitrogens is 1. The van der Waals surface area contributed by atoms with Gasteiger partial charge in [0.15, 0.2) is 0 Å². The standard InChI is InChI=1S/C11H9N5/c1-2-4-9-8(3-1)5-12-6-10(14-9)11-7-13-16-15-11/h1-7,14H,(H,13,15,16). The minimum atomic E-state index is 0.744. The number of rotatable bonds is 1. The first-order chi connectivity index (χ1) is 7.93. The van der Waals surface area contributed by atoms with Gasteiger partial charge in [0.2, 0.25) is 0 Å². The summed E-state index contributed by atoms with van der Waals surface area (Å²) in [7, 11) is 0. The average Bonchev–Trinajstić information content (AvgIpc) is 2.75. The molecular weight excluding hydrogens is 202 g/mol. The van der Waals surface area contributed by atoms with Crippen LogP contribution in [0.5, 0.6) is 0 Å². The molecule has 0 amide bonds. The van der Waals surface area contributed by atoms with Gasteiger partial charge in [0.05, 0.1) is 18.1 Å². The van der Waals surface area contributed by atoms with Crippen LogP contribution in [0, 0.1) is 0 Å². The zero-order valence-corrected chi connectivity index (χ0v) is 8.38. The summed E-state index contributed by atoms with van der Waals surface area (Å²) in [5.41, 5.74) is 3.64. The van der Waals surface area contributed by atoms with Crippen LogP contribution >= 0.6 is 0 Å². The van der Waals surface area contributed by atoms with Crippen LogP contribution in [-0.4, -0.2) is 21.6 Å². The summed E-state index contributed by atoms with van der Waals surface area (Å²) in [5, 5.41) is 13.6. The summed E-state index contributed by atoms with van der Waals surface area (Å²) < 4.78 is 0. The zero-order valence-electron chi connectivity index (χ0n) is 8.38. The number of aromatic amines is 1. The Morgan fingerprint density at radius 1 is 1.12 bits per heavy atom. The number of para-hydroxylation sites is 1. The van der Waals surface area contributed by atoms with Crippen molar-refractivity contribution in [1.29, 1.82) is 0 Å². The minimum Gasteiger partial charge on any atom is -0.352 e. The number of nitrogens with one attached hydrogen (secondary N) is 2. The minimum absolute atomic E-state index is 0.744. The molecule has 0 saturated heterocycles. The number of fused-ring (bicyclic) bond motifs is 1. The number of anilines is 1. The van der Waals surface area contributed by atoms with Crippen molar-refractivity contribution in [1.82, 2.24) is 15.4 Å². The monoisotopic (exact) mass is 211 g/mol. The molecule has 16 heavy (non-hydrogen) atoms. The summed E-state index contributed by atoms with van der Waals surface area (Å²) in [5.74, 6) is 0. The summed E-state index contributed by atoms with van der Waals surface area (Å²) in [4.78, 5) is 4.22. The Labute approximate surface area is 91.9 Å². The second-order valence-corrected chi connectivity index (χ2v) is 3.39. The van der Waals surface area contributed by atoms with E-state index in [0.29, 0.717) is 0 Å². The van der Waals surface area contributed by atoms with Crippen molar-refractivity contribution >= 4 is 17.6 Å². The average molecular weight is 211 g/mol. The van der Waals surface area contributed by atoms with E-state index in [1.807, 2.05) is 30.5 Å². The molecule has 0 saturated carbocycles. The molecule has 1 aromatic heterocycles. The molecule has 1 aliphatic rings. The predicted octanol–water partition coefficient (Wildman–Crippen LogP) is 1.65. The molecule has 1 aromatic carbocycles. The normalized spacial score (nSPS) is 13.6. The van der Waals surface area contributed by atoms with Crippen LogP contribution in [0.15, 0.2) is 41.7 Å². The van der Waals surface area contributed by atoms with E-state index in [1.54, 1.807) is 12.4 Å². The molecule has 0 atom stereocenters. The Morgan fingerprint density at radius 2 is 2.06 bits per heavy atom. The van der Waals surface area contributed by atoms with E-state index < -0.39 is 0 Å². The number of benzene rings is 1. The molecule has 0 aliphatic carbocycles. The molecule has 5 nitrogen and oxygen atoms in total. The molecule has 1 aliphatic heterocycles. The fourth-order valence-corrected chi connectivity index (χ4v) is 1.55. The third-order valence-corrected chi connectivity index (χ3v) is 2.34. The van der Waals surface area contributed by atoms with E-state index >= 15 is 0 Å². The molecule has 0 fully saturated rings. The number of aliphatic imine (C=N–C) groups is 1. The molecule has 0 radical (unpaired) electrons. The van der Waals surface area contributed by atoms with E-state index in [-0.39, 0.29) is 0 Å². The molecule has 2 aromatic rings. The Morgan fingerprint density at radius 3 is 2.94 bits per heavy atom. The van der Waals surface area contributed by atoms with Crippen molar-refractivity contribution in [2.45, 2.75) is 0 Å². The lowest BCUT2D eigenvalue weighted by atomic mass is 10.2. The van der Waals surface area contributed by atoms with E-state index in [4.69, 9.17) is 0 Å². The van der Waals surface area contributed by atoms with E-state index in [1.165, 1.54) is 0 Å².